The lowest BCUT2D eigenvalue weighted by atomic mass is 10.1. The van der Waals surface area contributed by atoms with Crippen LogP contribution in [0.2, 0.25) is 0 Å². The van der Waals surface area contributed by atoms with Gasteiger partial charge in [0.05, 0.1) is 0 Å². The van der Waals surface area contributed by atoms with E-state index in [0.717, 1.165) is 44.1 Å². The number of ether oxygens (including phenoxy) is 1. The number of aliphatic imine (C=N–C) groups is 1. The molecule has 2 aliphatic rings. The fourth-order valence-corrected chi connectivity index (χ4v) is 3.28. The van der Waals surface area contributed by atoms with Crippen molar-refractivity contribution in [1.82, 2.24) is 16.0 Å². The molecule has 148 valence electrons. The van der Waals surface area contributed by atoms with Crippen molar-refractivity contribution < 1.29 is 9.53 Å². The Bertz CT molecular complexity index is 620. The van der Waals surface area contributed by atoms with Gasteiger partial charge in [-0.1, -0.05) is 25.0 Å². The Morgan fingerprint density at radius 1 is 1.07 bits per heavy atom. The van der Waals surface area contributed by atoms with Crippen molar-refractivity contribution in [1.29, 1.82) is 0 Å². The van der Waals surface area contributed by atoms with E-state index in [1.54, 1.807) is 0 Å². The predicted molar refractivity (Wildman–Crippen MR) is 108 cm³/mol. The quantitative estimate of drug-likeness (QED) is 0.460. The maximum Gasteiger partial charge on any atom is 0.258 e. The number of hydrogen-bond acceptors (Lipinski definition) is 3. The van der Waals surface area contributed by atoms with Crippen LogP contribution in [-0.2, 0) is 11.2 Å². The van der Waals surface area contributed by atoms with Crippen LogP contribution in [0.3, 0.4) is 0 Å². The molecular weight excluding hydrogens is 340 g/mol. The second-order valence-corrected chi connectivity index (χ2v) is 7.41. The molecule has 0 aromatic heterocycles. The molecule has 1 aromatic carbocycles. The summed E-state index contributed by atoms with van der Waals surface area (Å²) in [6.07, 6.45) is 8.17. The van der Waals surface area contributed by atoms with Crippen LogP contribution in [0.5, 0.6) is 5.75 Å². The van der Waals surface area contributed by atoms with Gasteiger partial charge < -0.3 is 20.7 Å². The van der Waals surface area contributed by atoms with Gasteiger partial charge in [-0.3, -0.25) is 9.79 Å². The summed E-state index contributed by atoms with van der Waals surface area (Å²) in [6.45, 7) is 3.79. The molecule has 0 radical (unpaired) electrons. The highest BCUT2D eigenvalue weighted by Gasteiger charge is 2.23. The molecule has 0 aliphatic heterocycles. The Morgan fingerprint density at radius 2 is 1.78 bits per heavy atom. The average Bonchev–Trinajstić information content (AvgIpc) is 3.33. The third-order valence-electron chi connectivity index (χ3n) is 4.95. The van der Waals surface area contributed by atoms with Gasteiger partial charge in [0, 0.05) is 25.2 Å². The first-order valence-corrected chi connectivity index (χ1v) is 10.3. The third-order valence-corrected chi connectivity index (χ3v) is 4.95. The number of rotatable bonds is 9. The summed E-state index contributed by atoms with van der Waals surface area (Å²) in [6, 6.07) is 8.87. The third kappa shape index (κ3) is 7.12. The fraction of sp³-hybridized carbons (Fsp3) is 0.619. The zero-order valence-electron chi connectivity index (χ0n) is 16.3. The number of nitrogens with zero attached hydrogens (tertiary/aromatic N) is 1. The second-order valence-electron chi connectivity index (χ2n) is 7.41. The summed E-state index contributed by atoms with van der Waals surface area (Å²) in [4.78, 5) is 16.4. The Hall–Kier alpha value is -2.24. The molecule has 0 spiro atoms. The van der Waals surface area contributed by atoms with E-state index in [-0.39, 0.29) is 12.5 Å². The minimum atomic E-state index is -0.0402. The molecule has 0 atom stereocenters. The highest BCUT2D eigenvalue weighted by Crippen LogP contribution is 2.19. The lowest BCUT2D eigenvalue weighted by Gasteiger charge is -2.16. The van der Waals surface area contributed by atoms with Crippen LogP contribution in [0.4, 0.5) is 0 Å². The van der Waals surface area contributed by atoms with E-state index in [4.69, 9.17) is 9.73 Å². The number of benzene rings is 1. The monoisotopic (exact) mass is 372 g/mol. The molecule has 2 fully saturated rings. The number of carbonyl (C=O) groups is 1. The van der Waals surface area contributed by atoms with Crippen LogP contribution in [0.25, 0.3) is 0 Å². The van der Waals surface area contributed by atoms with E-state index in [2.05, 4.69) is 22.9 Å². The van der Waals surface area contributed by atoms with Crippen LogP contribution in [-0.4, -0.2) is 43.6 Å². The molecule has 1 amide bonds. The van der Waals surface area contributed by atoms with E-state index < -0.39 is 0 Å². The molecule has 1 aromatic rings. The topological polar surface area (TPSA) is 74.8 Å². The molecule has 0 heterocycles. The number of hydrogen-bond donors (Lipinski definition) is 3. The van der Waals surface area contributed by atoms with Gasteiger partial charge in [0.25, 0.3) is 5.91 Å². The van der Waals surface area contributed by atoms with Gasteiger partial charge in [0.2, 0.25) is 0 Å². The van der Waals surface area contributed by atoms with Crippen LogP contribution in [0, 0.1) is 0 Å². The summed E-state index contributed by atoms with van der Waals surface area (Å²) >= 11 is 0. The first-order valence-electron chi connectivity index (χ1n) is 10.3. The van der Waals surface area contributed by atoms with Crippen molar-refractivity contribution in [2.45, 2.75) is 64.0 Å². The molecule has 0 unspecified atom stereocenters. The van der Waals surface area contributed by atoms with E-state index in [1.165, 1.54) is 31.2 Å². The predicted octanol–water partition coefficient (Wildman–Crippen LogP) is 2.38. The van der Waals surface area contributed by atoms with Gasteiger partial charge in [0.1, 0.15) is 5.75 Å². The van der Waals surface area contributed by atoms with E-state index >= 15 is 0 Å². The number of nitrogens with one attached hydrogen (secondary N) is 3. The summed E-state index contributed by atoms with van der Waals surface area (Å²) in [5.41, 5.74) is 1.21. The summed E-state index contributed by atoms with van der Waals surface area (Å²) < 4.78 is 5.54. The van der Waals surface area contributed by atoms with Gasteiger partial charge in [-0.05, 0) is 56.7 Å². The van der Waals surface area contributed by atoms with Crippen molar-refractivity contribution in [3.8, 4) is 5.75 Å². The van der Waals surface area contributed by atoms with Gasteiger partial charge >= 0.3 is 0 Å². The molecule has 2 saturated carbocycles. The molecule has 2 aliphatic carbocycles. The Morgan fingerprint density at radius 3 is 2.44 bits per heavy atom. The maximum absolute atomic E-state index is 11.7. The smallest absolute Gasteiger partial charge is 0.258 e. The average molecular weight is 373 g/mol. The van der Waals surface area contributed by atoms with Crippen LogP contribution >= 0.6 is 0 Å². The lowest BCUT2D eigenvalue weighted by Crippen LogP contribution is -2.42. The first kappa shape index (κ1) is 19.5. The van der Waals surface area contributed by atoms with Gasteiger partial charge in [-0.25, -0.2) is 0 Å². The van der Waals surface area contributed by atoms with E-state index in [0.29, 0.717) is 12.1 Å². The Labute approximate surface area is 162 Å². The number of guanidine groups is 1. The summed E-state index contributed by atoms with van der Waals surface area (Å²) in [5.74, 6) is 1.61. The van der Waals surface area contributed by atoms with Crippen molar-refractivity contribution in [2.24, 2.45) is 4.99 Å². The molecule has 6 heteroatoms. The molecule has 0 bridgehead atoms. The summed E-state index contributed by atoms with van der Waals surface area (Å²) in [5, 5.41) is 9.79. The standard InChI is InChI=1S/C21H32N4O2/c1-2-22-21(25-17-5-3-4-6-17)23-14-13-16-7-11-19(12-8-16)27-15-20(26)24-18-9-10-18/h7-8,11-12,17-18H,2-6,9-10,13-15H2,1H3,(H,24,26)(H2,22,23,25). The normalized spacial score (nSPS) is 17.6. The van der Waals surface area contributed by atoms with Gasteiger partial charge in [-0.2, -0.15) is 0 Å². The van der Waals surface area contributed by atoms with Crippen molar-refractivity contribution in [2.75, 3.05) is 19.7 Å². The molecule has 0 saturated heterocycles. The maximum atomic E-state index is 11.7. The molecule has 6 nitrogen and oxygen atoms in total. The highest BCUT2D eigenvalue weighted by atomic mass is 16.5. The Balaban J connectivity index is 1.40. The molecule has 27 heavy (non-hydrogen) atoms. The zero-order chi connectivity index (χ0) is 18.9. The van der Waals surface area contributed by atoms with Crippen LogP contribution in [0.15, 0.2) is 29.3 Å². The van der Waals surface area contributed by atoms with Crippen molar-refractivity contribution in [3.63, 3.8) is 0 Å². The first-order chi connectivity index (χ1) is 13.2. The lowest BCUT2D eigenvalue weighted by molar-refractivity contribution is -0.123. The largest absolute Gasteiger partial charge is 0.484 e. The fourth-order valence-electron chi connectivity index (χ4n) is 3.28. The SMILES string of the molecule is CCNC(=NCCc1ccc(OCC(=O)NC2CC2)cc1)NC1CCCC1. The molecule has 3 N–H and O–H groups in total. The minimum absolute atomic E-state index is 0.0402. The van der Waals surface area contributed by atoms with E-state index in [1.807, 2.05) is 24.3 Å². The second kappa shape index (κ2) is 10.2. The summed E-state index contributed by atoms with van der Waals surface area (Å²) in [7, 11) is 0. The van der Waals surface area contributed by atoms with Crippen molar-refractivity contribution in [3.05, 3.63) is 29.8 Å². The highest BCUT2D eigenvalue weighted by molar-refractivity contribution is 5.80. The van der Waals surface area contributed by atoms with Crippen molar-refractivity contribution >= 4 is 11.9 Å². The van der Waals surface area contributed by atoms with E-state index in [9.17, 15) is 4.79 Å². The zero-order valence-corrected chi connectivity index (χ0v) is 16.3. The molecule has 3 rings (SSSR count). The molecular formula is C21H32N4O2. The Kier molecular flexibility index (Phi) is 7.36. The van der Waals surface area contributed by atoms with Gasteiger partial charge in [0.15, 0.2) is 12.6 Å². The van der Waals surface area contributed by atoms with Crippen LogP contribution < -0.4 is 20.7 Å². The van der Waals surface area contributed by atoms with Crippen LogP contribution in [0.1, 0.15) is 51.0 Å². The minimum Gasteiger partial charge on any atom is -0.484 e. The van der Waals surface area contributed by atoms with Gasteiger partial charge in [-0.15, -0.1) is 0 Å². The number of carbonyl (C=O) groups excluding carboxylic acids is 1. The number of amides is 1.